The molecule has 3 heteroatoms. The van der Waals surface area contributed by atoms with E-state index in [1.54, 1.807) is 0 Å². The number of hydrogen-bond acceptors (Lipinski definition) is 2. The van der Waals surface area contributed by atoms with Gasteiger partial charge in [0.05, 0.1) is 5.69 Å². The average molecular weight is 310 g/mol. The standard InChI is InChI=1S/C15H20BrNO/c1-2-17(13-6-4-3-5-7-13)15-9-8-12(11-18)10-14(15)16/h8-11,13H,2-7H2,1H3. The molecule has 2 nitrogen and oxygen atoms in total. The maximum atomic E-state index is 10.8. The molecule has 1 aliphatic rings. The largest absolute Gasteiger partial charge is 0.368 e. The molecule has 0 atom stereocenters. The Morgan fingerprint density at radius 1 is 1.33 bits per heavy atom. The maximum Gasteiger partial charge on any atom is 0.150 e. The van der Waals surface area contributed by atoms with Gasteiger partial charge in [-0.05, 0) is 53.9 Å². The number of benzene rings is 1. The molecule has 1 aromatic carbocycles. The highest BCUT2D eigenvalue weighted by Gasteiger charge is 2.21. The number of rotatable bonds is 4. The first-order valence-electron chi connectivity index (χ1n) is 6.77. The minimum Gasteiger partial charge on any atom is -0.368 e. The van der Waals surface area contributed by atoms with Crippen molar-refractivity contribution in [3.63, 3.8) is 0 Å². The van der Waals surface area contributed by atoms with Crippen LogP contribution in [0, 0.1) is 0 Å². The highest BCUT2D eigenvalue weighted by molar-refractivity contribution is 9.10. The minimum absolute atomic E-state index is 0.655. The minimum atomic E-state index is 0.655. The van der Waals surface area contributed by atoms with Crippen molar-refractivity contribution in [2.24, 2.45) is 0 Å². The van der Waals surface area contributed by atoms with Gasteiger partial charge in [-0.2, -0.15) is 0 Å². The smallest absolute Gasteiger partial charge is 0.150 e. The molecule has 2 rings (SSSR count). The predicted octanol–water partition coefficient (Wildman–Crippen LogP) is 4.42. The molecule has 0 saturated heterocycles. The van der Waals surface area contributed by atoms with Crippen LogP contribution in [0.15, 0.2) is 22.7 Å². The predicted molar refractivity (Wildman–Crippen MR) is 79.4 cm³/mol. The number of nitrogens with zero attached hydrogens (tertiary/aromatic N) is 1. The molecule has 0 heterocycles. The lowest BCUT2D eigenvalue weighted by molar-refractivity contribution is 0.112. The van der Waals surface area contributed by atoms with Crippen molar-refractivity contribution in [2.75, 3.05) is 11.4 Å². The molecular weight excluding hydrogens is 290 g/mol. The second kappa shape index (κ2) is 6.37. The lowest BCUT2D eigenvalue weighted by atomic mass is 9.93. The summed E-state index contributed by atoms with van der Waals surface area (Å²) in [6, 6.07) is 6.53. The van der Waals surface area contributed by atoms with Gasteiger partial charge >= 0.3 is 0 Å². The van der Waals surface area contributed by atoms with Gasteiger partial charge in [0.25, 0.3) is 0 Å². The molecule has 1 saturated carbocycles. The first-order valence-corrected chi connectivity index (χ1v) is 7.57. The summed E-state index contributed by atoms with van der Waals surface area (Å²) in [5, 5.41) is 0. The highest BCUT2D eigenvalue weighted by atomic mass is 79.9. The number of aldehydes is 1. The van der Waals surface area contributed by atoms with Gasteiger partial charge in [-0.1, -0.05) is 19.3 Å². The van der Waals surface area contributed by atoms with E-state index in [1.807, 2.05) is 12.1 Å². The summed E-state index contributed by atoms with van der Waals surface area (Å²) in [4.78, 5) is 13.2. The second-order valence-electron chi connectivity index (χ2n) is 4.91. The molecule has 1 aromatic rings. The highest BCUT2D eigenvalue weighted by Crippen LogP contribution is 2.32. The van der Waals surface area contributed by atoms with E-state index in [9.17, 15) is 4.79 Å². The molecule has 0 radical (unpaired) electrons. The van der Waals surface area contributed by atoms with Gasteiger partial charge in [-0.25, -0.2) is 0 Å². The summed E-state index contributed by atoms with van der Waals surface area (Å²) < 4.78 is 1.03. The molecule has 0 spiro atoms. The fourth-order valence-electron chi connectivity index (χ4n) is 2.85. The fourth-order valence-corrected chi connectivity index (χ4v) is 3.47. The van der Waals surface area contributed by atoms with Crippen molar-refractivity contribution in [2.45, 2.75) is 45.1 Å². The van der Waals surface area contributed by atoms with E-state index in [1.165, 1.54) is 37.8 Å². The van der Waals surface area contributed by atoms with Crippen LogP contribution >= 0.6 is 15.9 Å². The van der Waals surface area contributed by atoms with Crippen LogP contribution in [-0.2, 0) is 0 Å². The van der Waals surface area contributed by atoms with Crippen LogP contribution in [0.4, 0.5) is 5.69 Å². The first kappa shape index (κ1) is 13.6. The lowest BCUT2D eigenvalue weighted by Gasteiger charge is -2.36. The summed E-state index contributed by atoms with van der Waals surface area (Å²) in [6.07, 6.45) is 7.52. The zero-order valence-corrected chi connectivity index (χ0v) is 12.4. The summed E-state index contributed by atoms with van der Waals surface area (Å²) in [7, 11) is 0. The second-order valence-corrected chi connectivity index (χ2v) is 5.76. The summed E-state index contributed by atoms with van der Waals surface area (Å²) in [6.45, 7) is 3.22. The lowest BCUT2D eigenvalue weighted by Crippen LogP contribution is -2.36. The third-order valence-electron chi connectivity index (χ3n) is 3.77. The molecule has 0 amide bonds. The zero-order valence-electron chi connectivity index (χ0n) is 10.9. The summed E-state index contributed by atoms with van der Waals surface area (Å²) >= 11 is 3.60. The molecule has 0 aromatic heterocycles. The molecule has 0 N–H and O–H groups in total. The maximum absolute atomic E-state index is 10.8. The zero-order chi connectivity index (χ0) is 13.0. The molecular formula is C15H20BrNO. The van der Waals surface area contributed by atoms with E-state index in [-0.39, 0.29) is 0 Å². The van der Waals surface area contributed by atoms with E-state index in [2.05, 4.69) is 33.8 Å². The molecule has 98 valence electrons. The van der Waals surface area contributed by atoms with Gasteiger partial charge < -0.3 is 4.90 Å². The number of carbonyl (C=O) groups excluding carboxylic acids is 1. The summed E-state index contributed by atoms with van der Waals surface area (Å²) in [5.41, 5.74) is 1.94. The Balaban J connectivity index is 2.23. The van der Waals surface area contributed by atoms with E-state index < -0.39 is 0 Å². The van der Waals surface area contributed by atoms with E-state index >= 15 is 0 Å². The summed E-state index contributed by atoms with van der Waals surface area (Å²) in [5.74, 6) is 0. The van der Waals surface area contributed by atoms with Gasteiger partial charge in [-0.15, -0.1) is 0 Å². The Labute approximate surface area is 117 Å². The van der Waals surface area contributed by atoms with E-state index in [0.29, 0.717) is 6.04 Å². The Bertz CT molecular complexity index is 413. The molecule has 0 bridgehead atoms. The van der Waals surface area contributed by atoms with Gasteiger partial charge in [0.1, 0.15) is 6.29 Å². The molecule has 18 heavy (non-hydrogen) atoms. The Morgan fingerprint density at radius 2 is 2.06 bits per heavy atom. The number of halogens is 1. The molecule has 1 fully saturated rings. The molecule has 0 unspecified atom stereocenters. The van der Waals surface area contributed by atoms with Crippen LogP contribution < -0.4 is 4.90 Å². The number of hydrogen-bond donors (Lipinski definition) is 0. The van der Waals surface area contributed by atoms with Crippen LogP contribution in [-0.4, -0.2) is 18.9 Å². The molecule has 0 aliphatic heterocycles. The van der Waals surface area contributed by atoms with Gasteiger partial charge in [-0.3, -0.25) is 4.79 Å². The third kappa shape index (κ3) is 2.94. The van der Waals surface area contributed by atoms with Crippen LogP contribution in [0.1, 0.15) is 49.4 Å². The van der Waals surface area contributed by atoms with Crippen molar-refractivity contribution >= 4 is 27.9 Å². The monoisotopic (exact) mass is 309 g/mol. The normalized spacial score (nSPS) is 16.6. The van der Waals surface area contributed by atoms with Crippen LogP contribution in [0.25, 0.3) is 0 Å². The van der Waals surface area contributed by atoms with Gasteiger partial charge in [0.2, 0.25) is 0 Å². The first-order chi connectivity index (χ1) is 8.76. The number of anilines is 1. The van der Waals surface area contributed by atoms with Crippen molar-refractivity contribution in [1.82, 2.24) is 0 Å². The number of carbonyl (C=O) groups is 1. The van der Waals surface area contributed by atoms with Crippen LogP contribution in [0.5, 0.6) is 0 Å². The topological polar surface area (TPSA) is 20.3 Å². The average Bonchev–Trinajstić information content (AvgIpc) is 2.42. The Hall–Kier alpha value is -0.830. The quantitative estimate of drug-likeness (QED) is 0.767. The van der Waals surface area contributed by atoms with E-state index in [0.717, 1.165) is 22.9 Å². The third-order valence-corrected chi connectivity index (χ3v) is 4.41. The van der Waals surface area contributed by atoms with Crippen LogP contribution in [0.2, 0.25) is 0 Å². The van der Waals surface area contributed by atoms with Crippen molar-refractivity contribution in [1.29, 1.82) is 0 Å². The Morgan fingerprint density at radius 3 is 2.61 bits per heavy atom. The Kier molecular flexibility index (Phi) is 4.81. The van der Waals surface area contributed by atoms with Gasteiger partial charge in [0.15, 0.2) is 0 Å². The van der Waals surface area contributed by atoms with E-state index in [4.69, 9.17) is 0 Å². The van der Waals surface area contributed by atoms with Gasteiger partial charge in [0, 0.05) is 22.6 Å². The molecule has 1 aliphatic carbocycles. The van der Waals surface area contributed by atoms with Crippen molar-refractivity contribution in [3.05, 3.63) is 28.2 Å². The fraction of sp³-hybridized carbons (Fsp3) is 0.533. The van der Waals surface area contributed by atoms with Crippen molar-refractivity contribution in [3.8, 4) is 0 Å². The van der Waals surface area contributed by atoms with Crippen LogP contribution in [0.3, 0.4) is 0 Å². The van der Waals surface area contributed by atoms with Crippen molar-refractivity contribution < 1.29 is 4.79 Å². The SMILES string of the molecule is CCN(c1ccc(C=O)cc1Br)C1CCCCC1.